The Labute approximate surface area is 216 Å². The molecule has 37 heavy (non-hydrogen) atoms. The summed E-state index contributed by atoms with van der Waals surface area (Å²) >= 11 is 1.28. The van der Waals surface area contributed by atoms with Gasteiger partial charge in [-0.3, -0.25) is 14.9 Å². The van der Waals surface area contributed by atoms with Crippen molar-refractivity contribution in [3.63, 3.8) is 0 Å². The van der Waals surface area contributed by atoms with Gasteiger partial charge in [0.05, 0.1) is 45.7 Å². The van der Waals surface area contributed by atoms with Crippen LogP contribution in [0.2, 0.25) is 0 Å². The number of aromatic nitrogens is 3. The van der Waals surface area contributed by atoms with Crippen LogP contribution < -0.4 is 10.6 Å². The molecule has 0 spiro atoms. The molecular formula is C27H25N5O4S. The summed E-state index contributed by atoms with van der Waals surface area (Å²) in [6.45, 7) is 3.73. The van der Waals surface area contributed by atoms with Crippen LogP contribution in [0.25, 0.3) is 21.7 Å². The molecule has 3 aromatic heterocycles. The maximum atomic E-state index is 13.1. The van der Waals surface area contributed by atoms with E-state index in [2.05, 4.69) is 20.8 Å². The highest BCUT2D eigenvalue weighted by molar-refractivity contribution is 7.17. The molecule has 0 aliphatic rings. The minimum absolute atomic E-state index is 0.0261. The molecule has 10 heteroatoms. The molecule has 3 N–H and O–H groups in total. The number of carbonyl (C=O) groups excluding carboxylic acids is 2. The highest BCUT2D eigenvalue weighted by Crippen LogP contribution is 2.29. The van der Waals surface area contributed by atoms with Gasteiger partial charge in [-0.1, -0.05) is 35.5 Å². The van der Waals surface area contributed by atoms with E-state index in [1.165, 1.54) is 11.3 Å². The predicted octanol–water partition coefficient (Wildman–Crippen LogP) is 5.07. The number of benzene rings is 2. The first kappa shape index (κ1) is 24.4. The van der Waals surface area contributed by atoms with Crippen molar-refractivity contribution in [3.8, 4) is 10.6 Å². The summed E-state index contributed by atoms with van der Waals surface area (Å²) in [6, 6.07) is 19.8. The molecule has 5 rings (SSSR count). The Hall–Kier alpha value is -4.28. The first-order valence-electron chi connectivity index (χ1n) is 11.6. The second-order valence-corrected chi connectivity index (χ2v) is 10.3. The molecule has 0 aliphatic heterocycles. The van der Waals surface area contributed by atoms with E-state index in [0.29, 0.717) is 27.7 Å². The van der Waals surface area contributed by atoms with Gasteiger partial charge < -0.3 is 19.5 Å². The summed E-state index contributed by atoms with van der Waals surface area (Å²) < 4.78 is 6.95. The molecule has 9 nitrogen and oxygen atoms in total. The Bertz CT molecular complexity index is 1550. The first-order chi connectivity index (χ1) is 17.8. The molecule has 0 atom stereocenters. The number of thiophene rings is 1. The molecule has 5 aromatic rings. The second-order valence-electron chi connectivity index (χ2n) is 9.17. The molecule has 0 aliphatic carbocycles. The summed E-state index contributed by atoms with van der Waals surface area (Å²) in [5, 5.41) is 20.2. The average Bonchev–Trinajstić information content (AvgIpc) is 3.63. The third kappa shape index (κ3) is 5.60. The van der Waals surface area contributed by atoms with Crippen molar-refractivity contribution < 1.29 is 19.2 Å². The van der Waals surface area contributed by atoms with E-state index in [9.17, 15) is 14.7 Å². The summed E-state index contributed by atoms with van der Waals surface area (Å²) in [5.74, 6) is 0.551. The third-order valence-corrected chi connectivity index (χ3v) is 6.68. The fourth-order valence-corrected chi connectivity index (χ4v) is 4.75. The van der Waals surface area contributed by atoms with E-state index in [0.717, 1.165) is 16.1 Å². The number of anilines is 2. The maximum Gasteiger partial charge on any atom is 0.268 e. The number of nitrogens with one attached hydrogen (secondary N) is 2. The van der Waals surface area contributed by atoms with Crippen molar-refractivity contribution in [1.82, 2.24) is 14.7 Å². The second kappa shape index (κ2) is 10.00. The van der Waals surface area contributed by atoms with Crippen molar-refractivity contribution in [2.24, 2.45) is 0 Å². The van der Waals surface area contributed by atoms with E-state index < -0.39 is 5.60 Å². The Kier molecular flexibility index (Phi) is 6.60. The molecule has 0 radical (unpaired) electrons. The predicted molar refractivity (Wildman–Crippen MR) is 143 cm³/mol. The van der Waals surface area contributed by atoms with Crippen LogP contribution >= 0.6 is 11.3 Å². The smallest absolute Gasteiger partial charge is 0.268 e. The minimum Gasteiger partial charge on any atom is -0.389 e. The fraction of sp³-hybridized carbons (Fsp3) is 0.185. The van der Waals surface area contributed by atoms with Crippen LogP contribution in [0, 0.1) is 0 Å². The van der Waals surface area contributed by atoms with E-state index in [1.807, 2.05) is 36.4 Å². The summed E-state index contributed by atoms with van der Waals surface area (Å²) in [5.41, 5.74) is 1.67. The lowest BCUT2D eigenvalue weighted by Crippen LogP contribution is -2.27. The van der Waals surface area contributed by atoms with Gasteiger partial charge in [-0.25, -0.2) is 4.98 Å². The Balaban J connectivity index is 1.39. The van der Waals surface area contributed by atoms with Gasteiger partial charge in [0.25, 0.3) is 5.91 Å². The zero-order valence-electron chi connectivity index (χ0n) is 20.3. The molecule has 0 bridgehead atoms. The van der Waals surface area contributed by atoms with Gasteiger partial charge in [0.1, 0.15) is 0 Å². The number of hydrogen-bond acceptors (Lipinski definition) is 8. The average molecular weight is 516 g/mol. The monoisotopic (exact) mass is 515 g/mol. The molecule has 0 unspecified atom stereocenters. The molecule has 188 valence electrons. The van der Waals surface area contributed by atoms with Gasteiger partial charge >= 0.3 is 0 Å². The lowest BCUT2D eigenvalue weighted by molar-refractivity contribution is 0.0630. The van der Waals surface area contributed by atoms with Crippen molar-refractivity contribution in [2.45, 2.75) is 26.0 Å². The highest BCUT2D eigenvalue weighted by Gasteiger charge is 2.22. The van der Waals surface area contributed by atoms with Crippen LogP contribution in [0.5, 0.6) is 0 Å². The quantitative estimate of drug-likeness (QED) is 0.234. The molecule has 2 aromatic carbocycles. The lowest BCUT2D eigenvalue weighted by Gasteiger charge is -2.20. The van der Waals surface area contributed by atoms with Crippen molar-refractivity contribution >= 4 is 45.7 Å². The van der Waals surface area contributed by atoms with Gasteiger partial charge in [0, 0.05) is 17.3 Å². The number of Topliss-reactive ketones (excluding diaryl/α,β-unsaturated/α-hetero) is 1. The van der Waals surface area contributed by atoms with Crippen LogP contribution in [-0.4, -0.2) is 43.7 Å². The van der Waals surface area contributed by atoms with Gasteiger partial charge in [0.2, 0.25) is 5.95 Å². The number of carbonyl (C=O) groups is 2. The molecule has 0 saturated heterocycles. The topological polar surface area (TPSA) is 122 Å². The number of nitrogens with zero attached hydrogens (tertiary/aromatic N) is 3. The van der Waals surface area contributed by atoms with Crippen molar-refractivity contribution in [1.29, 1.82) is 0 Å². The fourth-order valence-electron chi connectivity index (χ4n) is 3.89. The number of imidazole rings is 1. The van der Waals surface area contributed by atoms with Crippen LogP contribution in [0.3, 0.4) is 0 Å². The van der Waals surface area contributed by atoms with Gasteiger partial charge in [0.15, 0.2) is 11.5 Å². The minimum atomic E-state index is -1.05. The first-order valence-corrected chi connectivity index (χ1v) is 12.5. The SMILES string of the molecule is CC(C)(O)Cn1c(NC(=O)c2ccc(-c3ccno3)s2)nc2cc(NCC(=O)c3ccccc3)ccc21. The number of ketones is 1. The molecule has 1 amide bonds. The van der Waals surface area contributed by atoms with Gasteiger partial charge in [-0.2, -0.15) is 0 Å². The Morgan fingerprint density at radius 1 is 1.08 bits per heavy atom. The summed E-state index contributed by atoms with van der Waals surface area (Å²) in [4.78, 5) is 31.4. The van der Waals surface area contributed by atoms with Crippen molar-refractivity contribution in [3.05, 3.63) is 83.4 Å². The lowest BCUT2D eigenvalue weighted by atomic mass is 10.1. The molecule has 0 fully saturated rings. The van der Waals surface area contributed by atoms with E-state index in [-0.39, 0.29) is 24.8 Å². The number of rotatable bonds is 9. The summed E-state index contributed by atoms with van der Waals surface area (Å²) in [6.07, 6.45) is 1.55. The zero-order valence-corrected chi connectivity index (χ0v) is 21.1. The maximum absolute atomic E-state index is 13.1. The summed E-state index contributed by atoms with van der Waals surface area (Å²) in [7, 11) is 0. The van der Waals surface area contributed by atoms with Crippen molar-refractivity contribution in [2.75, 3.05) is 17.2 Å². The third-order valence-electron chi connectivity index (χ3n) is 5.58. The number of hydrogen-bond donors (Lipinski definition) is 3. The largest absolute Gasteiger partial charge is 0.389 e. The van der Waals surface area contributed by atoms with Crippen LogP contribution in [-0.2, 0) is 6.54 Å². The van der Waals surface area contributed by atoms with Gasteiger partial charge in [-0.15, -0.1) is 11.3 Å². The highest BCUT2D eigenvalue weighted by atomic mass is 32.1. The van der Waals surface area contributed by atoms with E-state index in [1.54, 1.807) is 54.9 Å². The normalized spacial score (nSPS) is 11.5. The molecular weight excluding hydrogens is 490 g/mol. The van der Waals surface area contributed by atoms with Crippen LogP contribution in [0.4, 0.5) is 11.6 Å². The Morgan fingerprint density at radius 3 is 2.62 bits per heavy atom. The van der Waals surface area contributed by atoms with E-state index >= 15 is 0 Å². The number of amides is 1. The zero-order chi connectivity index (χ0) is 26.0. The number of aliphatic hydroxyl groups is 1. The van der Waals surface area contributed by atoms with Crippen LogP contribution in [0.1, 0.15) is 33.9 Å². The standard InChI is InChI=1S/C27H25N5O4S/c1-27(2,35)16-32-20-9-8-18(28-15-21(33)17-6-4-3-5-7-17)14-19(20)30-26(32)31-25(34)24-11-10-23(37-24)22-12-13-29-36-22/h3-14,28,35H,15-16H2,1-2H3,(H,30,31,34). The van der Waals surface area contributed by atoms with Crippen LogP contribution in [0.15, 0.2) is 77.4 Å². The van der Waals surface area contributed by atoms with Gasteiger partial charge in [-0.05, 0) is 44.2 Å². The molecule has 3 heterocycles. The molecule has 0 saturated carbocycles. The number of fused-ring (bicyclic) bond motifs is 1. The van der Waals surface area contributed by atoms with E-state index in [4.69, 9.17) is 4.52 Å². The Morgan fingerprint density at radius 2 is 1.89 bits per heavy atom.